The van der Waals surface area contributed by atoms with Crippen molar-refractivity contribution in [2.45, 2.75) is 33.6 Å². The molecule has 0 aliphatic carbocycles. The van der Waals surface area contributed by atoms with E-state index in [1.54, 1.807) is 24.3 Å². The molecule has 0 fully saturated rings. The maximum absolute atomic E-state index is 14.0. The smallest absolute Gasteiger partial charge is 0.348 e. The van der Waals surface area contributed by atoms with Gasteiger partial charge in [-0.25, -0.2) is 4.79 Å². The quantitative estimate of drug-likeness (QED) is 0.253. The highest BCUT2D eigenvalue weighted by Gasteiger charge is 2.31. The molecule has 0 spiro atoms. The van der Waals surface area contributed by atoms with Gasteiger partial charge in [-0.3, -0.25) is 4.57 Å². The van der Waals surface area contributed by atoms with Gasteiger partial charge in [-0.1, -0.05) is 54.8 Å². The number of hydrogen-bond acceptors (Lipinski definition) is 4. The summed E-state index contributed by atoms with van der Waals surface area (Å²) in [5.74, 6) is -1.09. The van der Waals surface area contributed by atoms with Crippen molar-refractivity contribution in [3.63, 3.8) is 0 Å². The van der Waals surface area contributed by atoms with Crippen molar-refractivity contribution >= 4 is 47.4 Å². The monoisotopic (exact) mass is 477 g/mol. The van der Waals surface area contributed by atoms with Crippen LogP contribution in [-0.4, -0.2) is 17.7 Å². The van der Waals surface area contributed by atoms with Crippen LogP contribution < -0.4 is 10.4 Å². The Bertz CT molecular complexity index is 1130. The van der Waals surface area contributed by atoms with Crippen LogP contribution in [0.2, 0.25) is 5.02 Å². The molecule has 0 saturated carbocycles. The predicted octanol–water partition coefficient (Wildman–Crippen LogP) is 7.13. The summed E-state index contributed by atoms with van der Waals surface area (Å²) >= 11 is 7.09. The number of benzene rings is 2. The number of rotatable bonds is 9. The Labute approximate surface area is 191 Å². The molecule has 0 aliphatic heterocycles. The molecule has 5 nitrogen and oxygen atoms in total. The molecular weight excluding hydrogens is 453 g/mol. The molecule has 3 rings (SSSR count). The Hall–Kier alpha value is -2.11. The molecule has 3 aromatic rings. The summed E-state index contributed by atoms with van der Waals surface area (Å²) in [6, 6.07) is 14.5. The van der Waals surface area contributed by atoms with Gasteiger partial charge in [-0.2, -0.15) is 0 Å². The van der Waals surface area contributed by atoms with E-state index >= 15 is 0 Å². The molecule has 1 heterocycles. The lowest BCUT2D eigenvalue weighted by atomic mass is 10.2. The SMILES string of the molecule is CCCCOP(=O)(Nc1cc(-c2ccc(Cl)cc2)sc1C(=O)O)c1ccc(C)cc1C. The topological polar surface area (TPSA) is 75.6 Å². The number of thiophene rings is 1. The number of hydrogen-bond donors (Lipinski definition) is 2. The highest BCUT2D eigenvalue weighted by molar-refractivity contribution is 7.68. The average molecular weight is 478 g/mol. The van der Waals surface area contributed by atoms with E-state index in [2.05, 4.69) is 5.09 Å². The van der Waals surface area contributed by atoms with E-state index in [9.17, 15) is 14.5 Å². The zero-order chi connectivity index (χ0) is 22.6. The number of carbonyl (C=O) groups is 1. The van der Waals surface area contributed by atoms with Crippen LogP contribution in [0.1, 0.15) is 40.6 Å². The number of carboxylic acids is 1. The lowest BCUT2D eigenvalue weighted by Gasteiger charge is -2.22. The van der Waals surface area contributed by atoms with Gasteiger partial charge in [0.1, 0.15) is 4.88 Å². The van der Waals surface area contributed by atoms with Crippen LogP contribution in [0, 0.1) is 13.8 Å². The van der Waals surface area contributed by atoms with E-state index in [0.717, 1.165) is 45.7 Å². The summed E-state index contributed by atoms with van der Waals surface area (Å²) < 4.78 is 19.9. The second-order valence-corrected chi connectivity index (χ2v) is 10.9. The summed E-state index contributed by atoms with van der Waals surface area (Å²) in [7, 11) is -3.56. The number of anilines is 1. The number of aromatic carboxylic acids is 1. The highest BCUT2D eigenvalue weighted by Crippen LogP contribution is 2.49. The van der Waals surface area contributed by atoms with Gasteiger partial charge >= 0.3 is 13.5 Å². The predicted molar refractivity (Wildman–Crippen MR) is 129 cm³/mol. The molecule has 2 N–H and O–H groups in total. The number of halogens is 1. The number of nitrogens with one attached hydrogen (secondary N) is 1. The number of unbranched alkanes of at least 4 members (excludes halogenated alkanes) is 1. The fourth-order valence-corrected chi connectivity index (χ4v) is 6.35. The third-order valence-corrected chi connectivity index (χ3v) is 8.40. The van der Waals surface area contributed by atoms with E-state index in [-0.39, 0.29) is 10.6 Å². The van der Waals surface area contributed by atoms with E-state index < -0.39 is 13.5 Å². The Morgan fingerprint density at radius 2 is 1.87 bits per heavy atom. The van der Waals surface area contributed by atoms with Crippen molar-refractivity contribution in [2.75, 3.05) is 11.7 Å². The fourth-order valence-electron chi connectivity index (χ4n) is 3.18. The van der Waals surface area contributed by atoms with Crippen molar-refractivity contribution in [3.05, 3.63) is 69.6 Å². The molecule has 31 heavy (non-hydrogen) atoms. The van der Waals surface area contributed by atoms with E-state index in [1.165, 1.54) is 0 Å². The first kappa shape index (κ1) is 23.6. The summed E-state index contributed by atoms with van der Waals surface area (Å²) in [6.45, 7) is 6.18. The van der Waals surface area contributed by atoms with Crippen molar-refractivity contribution in [1.82, 2.24) is 0 Å². The van der Waals surface area contributed by atoms with Crippen molar-refractivity contribution in [3.8, 4) is 10.4 Å². The first-order valence-electron chi connectivity index (χ1n) is 9.97. The van der Waals surface area contributed by atoms with Crippen LogP contribution >= 0.6 is 30.5 Å². The van der Waals surface area contributed by atoms with Gasteiger partial charge in [0, 0.05) is 9.90 Å². The standard InChI is InChI=1S/C23H25ClNO4PS/c1-4-5-12-29-30(28,20-11-6-15(2)13-16(20)3)25-19-14-21(31-22(19)23(26)27)17-7-9-18(24)10-8-17/h6-11,13-14H,4-5,12H2,1-3H3,(H,25,28)(H,26,27). The van der Waals surface area contributed by atoms with Crippen LogP contribution in [0.15, 0.2) is 48.5 Å². The summed E-state index contributed by atoms with van der Waals surface area (Å²) in [4.78, 5) is 12.7. The minimum absolute atomic E-state index is 0.0778. The third-order valence-electron chi connectivity index (χ3n) is 4.76. The lowest BCUT2D eigenvalue weighted by Crippen LogP contribution is -2.18. The zero-order valence-corrected chi connectivity index (χ0v) is 20.1. The van der Waals surface area contributed by atoms with Crippen LogP contribution in [0.4, 0.5) is 5.69 Å². The minimum atomic E-state index is -3.56. The maximum Gasteiger partial charge on any atom is 0.348 e. The summed E-state index contributed by atoms with van der Waals surface area (Å²) in [5, 5.41) is 13.9. The second kappa shape index (κ2) is 10.0. The van der Waals surface area contributed by atoms with Gasteiger partial charge in [0.2, 0.25) is 0 Å². The molecule has 0 aliphatic rings. The molecule has 2 aromatic carbocycles. The number of carboxylic acid groups (broad SMARTS) is 1. The normalized spacial score (nSPS) is 13.0. The van der Waals surface area contributed by atoms with E-state index in [0.29, 0.717) is 16.9 Å². The average Bonchev–Trinajstić information content (AvgIpc) is 3.12. The van der Waals surface area contributed by atoms with Crippen LogP contribution in [0.3, 0.4) is 0 Å². The largest absolute Gasteiger partial charge is 0.477 e. The Morgan fingerprint density at radius 3 is 2.48 bits per heavy atom. The molecule has 0 radical (unpaired) electrons. The Kier molecular flexibility index (Phi) is 7.60. The molecule has 164 valence electrons. The van der Waals surface area contributed by atoms with Crippen LogP contribution in [-0.2, 0) is 9.09 Å². The molecular formula is C23H25ClNO4PS. The van der Waals surface area contributed by atoms with Gasteiger partial charge in [-0.05, 0) is 55.7 Å². The minimum Gasteiger partial charge on any atom is -0.477 e. The Morgan fingerprint density at radius 1 is 1.16 bits per heavy atom. The zero-order valence-electron chi connectivity index (χ0n) is 17.6. The third kappa shape index (κ3) is 5.58. The summed E-state index contributed by atoms with van der Waals surface area (Å²) in [5.41, 5.74) is 2.99. The van der Waals surface area contributed by atoms with Gasteiger partial charge in [-0.15, -0.1) is 11.3 Å². The van der Waals surface area contributed by atoms with Crippen molar-refractivity contribution in [1.29, 1.82) is 0 Å². The van der Waals surface area contributed by atoms with Crippen molar-refractivity contribution in [2.24, 2.45) is 0 Å². The highest BCUT2D eigenvalue weighted by atomic mass is 35.5. The van der Waals surface area contributed by atoms with Gasteiger partial charge in [0.25, 0.3) is 0 Å². The fraction of sp³-hybridized carbons (Fsp3) is 0.261. The van der Waals surface area contributed by atoms with Gasteiger partial charge in [0.15, 0.2) is 0 Å². The van der Waals surface area contributed by atoms with Crippen molar-refractivity contribution < 1.29 is 19.0 Å². The van der Waals surface area contributed by atoms with Gasteiger partial charge in [0.05, 0.1) is 17.6 Å². The second-order valence-electron chi connectivity index (χ2n) is 7.31. The Balaban J connectivity index is 2.04. The van der Waals surface area contributed by atoms with Crippen LogP contribution in [0.25, 0.3) is 10.4 Å². The molecule has 1 atom stereocenters. The van der Waals surface area contributed by atoms with Crippen LogP contribution in [0.5, 0.6) is 0 Å². The molecule has 0 saturated heterocycles. The molecule has 1 unspecified atom stereocenters. The first-order valence-corrected chi connectivity index (χ1v) is 12.8. The molecule has 0 bridgehead atoms. The molecule has 1 aromatic heterocycles. The maximum atomic E-state index is 14.0. The lowest BCUT2D eigenvalue weighted by molar-refractivity contribution is 0.0703. The van der Waals surface area contributed by atoms with E-state index in [4.69, 9.17) is 16.1 Å². The number of aryl methyl sites for hydroxylation is 2. The molecule has 8 heteroatoms. The van der Waals surface area contributed by atoms with Gasteiger partial charge < -0.3 is 14.7 Å². The van der Waals surface area contributed by atoms with E-state index in [1.807, 2.05) is 45.0 Å². The first-order chi connectivity index (χ1) is 14.7. The summed E-state index contributed by atoms with van der Waals surface area (Å²) in [6.07, 6.45) is 1.65. The molecule has 0 amide bonds.